The van der Waals surface area contributed by atoms with E-state index in [4.69, 9.17) is 5.73 Å². The summed E-state index contributed by atoms with van der Waals surface area (Å²) < 4.78 is 37.0. The first-order valence-corrected chi connectivity index (χ1v) is 8.75. The van der Waals surface area contributed by atoms with Crippen LogP contribution >= 0.6 is 0 Å². The van der Waals surface area contributed by atoms with Crippen molar-refractivity contribution in [2.75, 3.05) is 30.3 Å². The molecule has 18 heavy (non-hydrogen) atoms. The molecule has 0 bridgehead atoms. The summed E-state index contributed by atoms with van der Waals surface area (Å²) in [5.74, 6) is 0.749. The molecule has 0 unspecified atom stereocenters. The minimum atomic E-state index is -3.36. The van der Waals surface area contributed by atoms with E-state index in [0.717, 1.165) is 0 Å². The molecule has 0 aromatic heterocycles. The molecule has 1 fully saturated rings. The summed E-state index contributed by atoms with van der Waals surface area (Å²) in [5.41, 5.74) is 6.85. The molecule has 0 aliphatic carbocycles. The quantitative estimate of drug-likeness (QED) is 0.804. The molecule has 1 aromatic rings. The van der Waals surface area contributed by atoms with E-state index in [0.29, 0.717) is 35.8 Å². The molecule has 0 atom stereocenters. The Morgan fingerprint density at radius 2 is 1.83 bits per heavy atom. The molecule has 1 aliphatic heterocycles. The van der Waals surface area contributed by atoms with Crippen LogP contribution in [0.25, 0.3) is 0 Å². The molecule has 0 saturated carbocycles. The minimum absolute atomic E-state index is 0.0910. The third-order valence-electron chi connectivity index (χ3n) is 2.92. The van der Waals surface area contributed by atoms with E-state index in [1.165, 1.54) is 4.31 Å². The van der Waals surface area contributed by atoms with E-state index >= 15 is 0 Å². The van der Waals surface area contributed by atoms with Gasteiger partial charge in [0.05, 0.1) is 5.75 Å². The van der Waals surface area contributed by atoms with Crippen molar-refractivity contribution in [1.29, 1.82) is 0 Å². The molecule has 0 radical (unpaired) electrons. The van der Waals surface area contributed by atoms with Gasteiger partial charge in [-0.2, -0.15) is 4.31 Å². The van der Waals surface area contributed by atoms with Crippen molar-refractivity contribution in [3.63, 3.8) is 0 Å². The van der Waals surface area contributed by atoms with Crippen molar-refractivity contribution in [2.24, 2.45) is 0 Å². The standard InChI is InChI=1S/C11H16N2O3S2/c12-11-4-2-1-3-10(11)9-18(15,16)13-5-7-17(14)8-6-13/h1-4H,5-9,12H2. The Balaban J connectivity index is 2.13. The second-order valence-electron chi connectivity index (χ2n) is 4.20. The lowest BCUT2D eigenvalue weighted by Crippen LogP contribution is -2.42. The molecule has 1 heterocycles. The smallest absolute Gasteiger partial charge is 0.218 e. The molecule has 1 saturated heterocycles. The van der Waals surface area contributed by atoms with Crippen molar-refractivity contribution >= 4 is 26.5 Å². The summed E-state index contributed by atoms with van der Waals surface area (Å²) in [6.45, 7) is 0.670. The van der Waals surface area contributed by atoms with Crippen LogP contribution in [0.4, 0.5) is 5.69 Å². The number of hydrogen-bond donors (Lipinski definition) is 1. The first-order valence-electron chi connectivity index (χ1n) is 5.65. The number of nitrogens with zero attached hydrogens (tertiary/aromatic N) is 1. The molecule has 1 aliphatic rings. The van der Waals surface area contributed by atoms with Crippen molar-refractivity contribution in [1.82, 2.24) is 4.31 Å². The molecule has 2 N–H and O–H groups in total. The number of benzene rings is 1. The average molecular weight is 288 g/mol. The Labute approximate surface area is 109 Å². The van der Waals surface area contributed by atoms with E-state index in [1.807, 2.05) is 0 Å². The molecule has 7 heteroatoms. The zero-order valence-electron chi connectivity index (χ0n) is 9.91. The van der Waals surface area contributed by atoms with E-state index in [2.05, 4.69) is 0 Å². The van der Waals surface area contributed by atoms with Crippen LogP contribution in [0.3, 0.4) is 0 Å². The number of nitrogen functional groups attached to an aromatic ring is 1. The van der Waals surface area contributed by atoms with Gasteiger partial charge in [0.1, 0.15) is 0 Å². The summed E-state index contributed by atoms with van der Waals surface area (Å²) in [6.07, 6.45) is 0. The largest absolute Gasteiger partial charge is 0.398 e. The number of hydrogen-bond acceptors (Lipinski definition) is 4. The highest BCUT2D eigenvalue weighted by molar-refractivity contribution is 7.88. The van der Waals surface area contributed by atoms with Gasteiger partial charge in [-0.15, -0.1) is 0 Å². The van der Waals surface area contributed by atoms with Gasteiger partial charge in [-0.05, 0) is 11.6 Å². The van der Waals surface area contributed by atoms with Crippen molar-refractivity contribution < 1.29 is 12.6 Å². The van der Waals surface area contributed by atoms with Crippen LogP contribution in [0, 0.1) is 0 Å². The van der Waals surface area contributed by atoms with Crippen LogP contribution in [0.15, 0.2) is 24.3 Å². The van der Waals surface area contributed by atoms with Crippen molar-refractivity contribution in [2.45, 2.75) is 5.75 Å². The summed E-state index contributed by atoms with van der Waals surface area (Å²) in [6, 6.07) is 6.95. The van der Waals surface area contributed by atoms with Crippen LogP contribution in [0.2, 0.25) is 0 Å². The highest BCUT2D eigenvalue weighted by Gasteiger charge is 2.26. The molecule has 1 aromatic carbocycles. The summed E-state index contributed by atoms with van der Waals surface area (Å²) in [7, 11) is -4.24. The van der Waals surface area contributed by atoms with Crippen molar-refractivity contribution in [3.8, 4) is 0 Å². The molecular weight excluding hydrogens is 272 g/mol. The Kier molecular flexibility index (Phi) is 4.04. The highest BCUT2D eigenvalue weighted by Crippen LogP contribution is 2.17. The zero-order chi connectivity index (χ0) is 13.2. The summed E-state index contributed by atoms with van der Waals surface area (Å²) in [5, 5.41) is 0. The molecular formula is C11H16N2O3S2. The zero-order valence-corrected chi connectivity index (χ0v) is 11.5. The maximum absolute atomic E-state index is 12.2. The minimum Gasteiger partial charge on any atom is -0.398 e. The Morgan fingerprint density at radius 1 is 1.22 bits per heavy atom. The summed E-state index contributed by atoms with van der Waals surface area (Å²) in [4.78, 5) is 0. The highest BCUT2D eigenvalue weighted by atomic mass is 32.2. The van der Waals surface area contributed by atoms with Gasteiger partial charge in [-0.25, -0.2) is 8.42 Å². The van der Waals surface area contributed by atoms with Gasteiger partial charge in [0.2, 0.25) is 10.0 Å². The maximum atomic E-state index is 12.2. The SMILES string of the molecule is Nc1ccccc1CS(=O)(=O)N1CCS(=O)CC1. The first-order chi connectivity index (χ1) is 8.49. The van der Waals surface area contributed by atoms with Gasteiger partial charge in [0, 0.05) is 41.1 Å². The predicted molar refractivity (Wildman–Crippen MR) is 72.9 cm³/mol. The predicted octanol–water partition coefficient (Wildman–Crippen LogP) is 0.163. The van der Waals surface area contributed by atoms with Crippen LogP contribution in [0.1, 0.15) is 5.56 Å². The molecule has 0 spiro atoms. The van der Waals surface area contributed by atoms with Gasteiger partial charge in [0.15, 0.2) is 0 Å². The van der Waals surface area contributed by atoms with E-state index in [9.17, 15) is 12.6 Å². The Morgan fingerprint density at radius 3 is 2.44 bits per heavy atom. The van der Waals surface area contributed by atoms with Gasteiger partial charge in [0.25, 0.3) is 0 Å². The Hall–Kier alpha value is -0.920. The van der Waals surface area contributed by atoms with E-state index < -0.39 is 20.8 Å². The lowest BCUT2D eigenvalue weighted by atomic mass is 10.2. The topological polar surface area (TPSA) is 80.5 Å². The van der Waals surface area contributed by atoms with Crippen LogP contribution in [-0.2, 0) is 26.6 Å². The van der Waals surface area contributed by atoms with E-state index in [1.54, 1.807) is 24.3 Å². The van der Waals surface area contributed by atoms with Crippen molar-refractivity contribution in [3.05, 3.63) is 29.8 Å². The number of para-hydroxylation sites is 1. The maximum Gasteiger partial charge on any atom is 0.218 e. The molecule has 2 rings (SSSR count). The fraction of sp³-hybridized carbons (Fsp3) is 0.455. The number of anilines is 1. The van der Waals surface area contributed by atoms with Crippen LogP contribution in [0.5, 0.6) is 0 Å². The van der Waals surface area contributed by atoms with Gasteiger partial charge in [-0.3, -0.25) is 4.21 Å². The van der Waals surface area contributed by atoms with Gasteiger partial charge >= 0.3 is 0 Å². The first kappa shape index (κ1) is 13.5. The molecule has 5 nitrogen and oxygen atoms in total. The summed E-state index contributed by atoms with van der Waals surface area (Å²) >= 11 is 0. The number of nitrogens with two attached hydrogens (primary N) is 1. The van der Waals surface area contributed by atoms with Gasteiger partial charge < -0.3 is 5.73 Å². The lowest BCUT2D eigenvalue weighted by Gasteiger charge is -2.25. The second kappa shape index (κ2) is 5.38. The average Bonchev–Trinajstić information content (AvgIpc) is 2.32. The number of sulfonamides is 1. The van der Waals surface area contributed by atoms with Gasteiger partial charge in [-0.1, -0.05) is 18.2 Å². The monoisotopic (exact) mass is 288 g/mol. The lowest BCUT2D eigenvalue weighted by molar-refractivity contribution is 0.438. The second-order valence-corrected chi connectivity index (χ2v) is 7.87. The third kappa shape index (κ3) is 3.09. The molecule has 0 amide bonds. The fourth-order valence-electron chi connectivity index (χ4n) is 1.85. The third-order valence-corrected chi connectivity index (χ3v) is 6.03. The van der Waals surface area contributed by atoms with E-state index in [-0.39, 0.29) is 5.75 Å². The number of rotatable bonds is 3. The van der Waals surface area contributed by atoms with Crippen LogP contribution < -0.4 is 5.73 Å². The normalized spacial score (nSPS) is 18.9. The van der Waals surface area contributed by atoms with Crippen LogP contribution in [-0.4, -0.2) is 41.5 Å². The fourth-order valence-corrected chi connectivity index (χ4v) is 4.71. The molecule has 100 valence electrons. The Bertz CT molecular complexity index is 547.